The summed E-state index contributed by atoms with van der Waals surface area (Å²) in [6.45, 7) is 3.21. The molecule has 0 radical (unpaired) electrons. The fraction of sp³-hybridized carbons (Fsp3) is 0.688. The number of rotatable bonds is 3. The molecule has 2 amide bonds. The number of anilines is 1. The maximum Gasteiger partial charge on any atom is 0.323 e. The summed E-state index contributed by atoms with van der Waals surface area (Å²) in [4.78, 5) is 30.8. The minimum absolute atomic E-state index is 0.160. The van der Waals surface area contributed by atoms with Crippen molar-refractivity contribution in [3.63, 3.8) is 0 Å². The quantitative estimate of drug-likeness (QED) is 0.888. The number of carbonyl (C=O) groups excluding carboxylic acids is 1. The van der Waals surface area contributed by atoms with Crippen molar-refractivity contribution < 1.29 is 14.7 Å². The first-order valence-corrected chi connectivity index (χ1v) is 9.15. The number of aliphatic carboxylic acids is 1. The Hall–Kier alpha value is -1.63. The lowest BCUT2D eigenvalue weighted by Gasteiger charge is -2.29. The van der Waals surface area contributed by atoms with Gasteiger partial charge in [-0.2, -0.15) is 0 Å². The number of amides is 2. The molecule has 0 saturated carbocycles. The third-order valence-electron chi connectivity index (χ3n) is 4.96. The van der Waals surface area contributed by atoms with Crippen molar-refractivity contribution in [1.29, 1.82) is 0 Å². The molecule has 1 aromatic rings. The molecule has 0 aromatic carbocycles. The van der Waals surface area contributed by atoms with Crippen LogP contribution in [0.25, 0.3) is 0 Å². The van der Waals surface area contributed by atoms with Crippen LogP contribution in [0.15, 0.2) is 0 Å². The molecule has 23 heavy (non-hydrogen) atoms. The molecule has 2 N–H and O–H groups in total. The van der Waals surface area contributed by atoms with E-state index in [1.54, 1.807) is 16.2 Å². The standard InChI is InChI=1S/C16H23N3O3S/c1-2-10-3-4-12-13(9-10)23-15(17-12)18-16(22)19-7-5-11(6-8-19)14(20)21/h10-11H,2-9H2,1H3,(H,20,21)(H,17,18,22). The van der Waals surface area contributed by atoms with E-state index in [0.717, 1.165) is 24.5 Å². The lowest BCUT2D eigenvalue weighted by atomic mass is 9.89. The zero-order valence-electron chi connectivity index (χ0n) is 13.4. The van der Waals surface area contributed by atoms with E-state index < -0.39 is 5.97 Å². The van der Waals surface area contributed by atoms with E-state index in [1.807, 2.05) is 0 Å². The molecule has 0 spiro atoms. The molecule has 1 atom stereocenters. The maximum atomic E-state index is 12.3. The van der Waals surface area contributed by atoms with E-state index in [0.29, 0.717) is 31.1 Å². The van der Waals surface area contributed by atoms with Crippen molar-refractivity contribution in [2.45, 2.75) is 45.4 Å². The second-order valence-electron chi connectivity index (χ2n) is 6.44. The van der Waals surface area contributed by atoms with Gasteiger partial charge in [-0.05, 0) is 38.0 Å². The number of aromatic nitrogens is 1. The van der Waals surface area contributed by atoms with Crippen molar-refractivity contribution >= 4 is 28.5 Å². The molecule has 126 valence electrons. The Morgan fingerprint density at radius 3 is 2.74 bits per heavy atom. The minimum atomic E-state index is -0.761. The van der Waals surface area contributed by atoms with E-state index in [2.05, 4.69) is 17.2 Å². The first kappa shape index (κ1) is 16.2. The highest BCUT2D eigenvalue weighted by Gasteiger charge is 2.28. The number of carbonyl (C=O) groups is 2. The number of fused-ring (bicyclic) bond motifs is 1. The summed E-state index contributed by atoms with van der Waals surface area (Å²) in [5.74, 6) is -0.345. The summed E-state index contributed by atoms with van der Waals surface area (Å²) in [6.07, 6.45) is 5.50. The van der Waals surface area contributed by atoms with E-state index in [-0.39, 0.29) is 11.9 Å². The SMILES string of the molecule is CCC1CCc2nc(NC(=O)N3CCC(C(=O)O)CC3)sc2C1. The smallest absolute Gasteiger partial charge is 0.323 e. The number of hydrogen-bond donors (Lipinski definition) is 2. The van der Waals surface area contributed by atoms with Gasteiger partial charge in [0.05, 0.1) is 11.6 Å². The molecule has 1 unspecified atom stereocenters. The molecule has 6 nitrogen and oxygen atoms in total. The average Bonchev–Trinajstić information content (AvgIpc) is 2.95. The number of piperidine rings is 1. The number of aryl methyl sites for hydroxylation is 1. The fourth-order valence-electron chi connectivity index (χ4n) is 3.35. The fourth-order valence-corrected chi connectivity index (χ4v) is 4.46. The number of hydrogen-bond acceptors (Lipinski definition) is 4. The van der Waals surface area contributed by atoms with E-state index in [9.17, 15) is 9.59 Å². The third kappa shape index (κ3) is 3.65. The molecule has 7 heteroatoms. The van der Waals surface area contributed by atoms with Gasteiger partial charge in [0.15, 0.2) is 5.13 Å². The Morgan fingerprint density at radius 2 is 2.09 bits per heavy atom. The molecule has 2 aliphatic rings. The highest BCUT2D eigenvalue weighted by Crippen LogP contribution is 2.33. The van der Waals surface area contributed by atoms with Gasteiger partial charge < -0.3 is 10.0 Å². The first-order chi connectivity index (χ1) is 11.1. The Labute approximate surface area is 139 Å². The normalized spacial score (nSPS) is 21.8. The van der Waals surface area contributed by atoms with Gasteiger partial charge >= 0.3 is 12.0 Å². The molecule has 3 rings (SSSR count). The summed E-state index contributed by atoms with van der Waals surface area (Å²) in [5.41, 5.74) is 1.14. The lowest BCUT2D eigenvalue weighted by Crippen LogP contribution is -2.42. The van der Waals surface area contributed by atoms with E-state index >= 15 is 0 Å². The maximum absolute atomic E-state index is 12.3. The molecule has 2 heterocycles. The second kappa shape index (κ2) is 6.86. The second-order valence-corrected chi connectivity index (χ2v) is 7.52. The first-order valence-electron chi connectivity index (χ1n) is 8.34. The van der Waals surface area contributed by atoms with Crippen LogP contribution in [-0.4, -0.2) is 40.1 Å². The Kier molecular flexibility index (Phi) is 4.84. The Bertz CT molecular complexity index is 593. The molecular weight excluding hydrogens is 314 g/mol. The average molecular weight is 337 g/mol. The predicted molar refractivity (Wildman–Crippen MR) is 88.9 cm³/mol. The van der Waals surface area contributed by atoms with Gasteiger partial charge in [-0.3, -0.25) is 10.1 Å². The van der Waals surface area contributed by atoms with Crippen molar-refractivity contribution in [2.24, 2.45) is 11.8 Å². The van der Waals surface area contributed by atoms with Gasteiger partial charge in [-0.15, -0.1) is 11.3 Å². The molecule has 1 aliphatic heterocycles. The molecule has 1 aromatic heterocycles. The van der Waals surface area contributed by atoms with Gasteiger partial charge in [0.2, 0.25) is 0 Å². The van der Waals surface area contributed by atoms with Crippen LogP contribution in [0.5, 0.6) is 0 Å². The number of nitrogens with zero attached hydrogens (tertiary/aromatic N) is 2. The largest absolute Gasteiger partial charge is 0.481 e. The van der Waals surface area contributed by atoms with E-state index in [4.69, 9.17) is 5.11 Å². The van der Waals surface area contributed by atoms with Crippen LogP contribution in [0.1, 0.15) is 43.2 Å². The van der Waals surface area contributed by atoms with E-state index in [1.165, 1.54) is 17.7 Å². The van der Waals surface area contributed by atoms with Gasteiger partial charge in [0, 0.05) is 18.0 Å². The number of carboxylic acids is 1. The van der Waals surface area contributed by atoms with Crippen molar-refractivity contribution in [3.8, 4) is 0 Å². The zero-order chi connectivity index (χ0) is 16.4. The summed E-state index contributed by atoms with van der Waals surface area (Å²) in [6, 6.07) is -0.160. The van der Waals surface area contributed by atoms with Gasteiger partial charge in [-0.25, -0.2) is 9.78 Å². The van der Waals surface area contributed by atoms with Crippen molar-refractivity contribution in [1.82, 2.24) is 9.88 Å². The van der Waals surface area contributed by atoms with Crippen LogP contribution in [0, 0.1) is 11.8 Å². The number of urea groups is 1. The van der Waals surface area contributed by atoms with Crippen LogP contribution in [0.2, 0.25) is 0 Å². The number of nitrogens with one attached hydrogen (secondary N) is 1. The molecule has 1 aliphatic carbocycles. The topological polar surface area (TPSA) is 82.5 Å². The number of carboxylic acid groups (broad SMARTS) is 1. The van der Waals surface area contributed by atoms with Gasteiger partial charge in [-0.1, -0.05) is 13.3 Å². The third-order valence-corrected chi connectivity index (χ3v) is 6.00. The number of thiazole rings is 1. The summed E-state index contributed by atoms with van der Waals surface area (Å²) >= 11 is 1.59. The van der Waals surface area contributed by atoms with Crippen LogP contribution in [0.4, 0.5) is 9.93 Å². The lowest BCUT2D eigenvalue weighted by molar-refractivity contribution is -0.143. The summed E-state index contributed by atoms with van der Waals surface area (Å²) in [7, 11) is 0. The van der Waals surface area contributed by atoms with Crippen molar-refractivity contribution in [3.05, 3.63) is 10.6 Å². The highest BCUT2D eigenvalue weighted by atomic mass is 32.1. The summed E-state index contributed by atoms with van der Waals surface area (Å²) < 4.78 is 0. The van der Waals surface area contributed by atoms with Crippen LogP contribution < -0.4 is 5.32 Å². The highest BCUT2D eigenvalue weighted by molar-refractivity contribution is 7.15. The number of likely N-dealkylation sites (tertiary alicyclic amines) is 1. The molecular formula is C16H23N3O3S. The summed E-state index contributed by atoms with van der Waals surface area (Å²) in [5, 5.41) is 12.6. The van der Waals surface area contributed by atoms with Gasteiger partial charge in [0.1, 0.15) is 0 Å². The molecule has 1 fully saturated rings. The van der Waals surface area contributed by atoms with Crippen LogP contribution >= 0.6 is 11.3 Å². The van der Waals surface area contributed by atoms with Crippen LogP contribution in [-0.2, 0) is 17.6 Å². The predicted octanol–water partition coefficient (Wildman–Crippen LogP) is 2.99. The Balaban J connectivity index is 1.57. The van der Waals surface area contributed by atoms with Gasteiger partial charge in [0.25, 0.3) is 0 Å². The Morgan fingerprint density at radius 1 is 1.35 bits per heavy atom. The van der Waals surface area contributed by atoms with Crippen molar-refractivity contribution in [2.75, 3.05) is 18.4 Å². The molecule has 0 bridgehead atoms. The minimum Gasteiger partial charge on any atom is -0.481 e. The molecule has 1 saturated heterocycles. The monoisotopic (exact) mass is 337 g/mol. The zero-order valence-corrected chi connectivity index (χ0v) is 14.2. The van der Waals surface area contributed by atoms with Crippen LogP contribution in [0.3, 0.4) is 0 Å².